The summed E-state index contributed by atoms with van der Waals surface area (Å²) in [5.74, 6) is 0. The smallest absolute Gasteiger partial charge is 0.188 e. The Balaban J connectivity index is 2.13. The summed E-state index contributed by atoms with van der Waals surface area (Å²) in [5.41, 5.74) is 10.3. The Labute approximate surface area is 164 Å². The fourth-order valence-corrected chi connectivity index (χ4v) is 4.46. The van der Waals surface area contributed by atoms with Crippen LogP contribution in [0, 0.1) is 41.5 Å². The molecule has 1 heterocycles. The Kier molecular flexibility index (Phi) is 5.05. The minimum Gasteiger partial charge on any atom is -0.344 e. The van der Waals surface area contributed by atoms with Gasteiger partial charge in [0.15, 0.2) is 6.29 Å². The fraction of sp³-hybridized carbons (Fsp3) is 0.333. The van der Waals surface area contributed by atoms with Crippen LogP contribution in [0.5, 0.6) is 0 Å². The van der Waals surface area contributed by atoms with Crippen molar-refractivity contribution in [2.75, 3.05) is 16.8 Å². The standard InChI is InChI=1S/C24H31N3/c1-9-25(8)24-26(22-18(4)12-16(2)13-19(22)5)10-11-27(24)23-20(6)14-17(3)15-21(23)7/h9-15,24H,1H2,2-8H3. The summed E-state index contributed by atoms with van der Waals surface area (Å²) in [7, 11) is 2.09. The Hall–Kier alpha value is -2.68. The van der Waals surface area contributed by atoms with Crippen molar-refractivity contribution in [3.8, 4) is 0 Å². The van der Waals surface area contributed by atoms with Crippen molar-refractivity contribution in [1.82, 2.24) is 4.90 Å². The molecular formula is C24H31N3. The van der Waals surface area contributed by atoms with E-state index in [0.717, 1.165) is 0 Å². The monoisotopic (exact) mass is 361 g/mol. The fourth-order valence-electron chi connectivity index (χ4n) is 4.46. The maximum atomic E-state index is 4.02. The van der Waals surface area contributed by atoms with E-state index in [1.54, 1.807) is 0 Å². The molecule has 0 atom stereocenters. The largest absolute Gasteiger partial charge is 0.344 e. The van der Waals surface area contributed by atoms with E-state index >= 15 is 0 Å². The minimum absolute atomic E-state index is 0.0164. The molecule has 27 heavy (non-hydrogen) atoms. The lowest BCUT2D eigenvalue weighted by atomic mass is 10.0. The van der Waals surface area contributed by atoms with Crippen LogP contribution in [0.1, 0.15) is 33.4 Å². The van der Waals surface area contributed by atoms with E-state index in [1.165, 1.54) is 44.8 Å². The molecule has 3 rings (SSSR count). The summed E-state index contributed by atoms with van der Waals surface area (Å²) >= 11 is 0. The van der Waals surface area contributed by atoms with Crippen LogP contribution in [-0.2, 0) is 0 Å². The zero-order valence-corrected chi connectivity index (χ0v) is 17.7. The van der Waals surface area contributed by atoms with Crippen molar-refractivity contribution in [3.05, 3.63) is 82.8 Å². The first-order valence-electron chi connectivity index (χ1n) is 9.49. The van der Waals surface area contributed by atoms with Crippen LogP contribution in [0.2, 0.25) is 0 Å². The number of rotatable bonds is 4. The van der Waals surface area contributed by atoms with Crippen molar-refractivity contribution in [1.29, 1.82) is 0 Å². The SMILES string of the molecule is C=CN(C)C1N(c2c(C)cc(C)cc2C)C=CN1c1c(C)cc(C)cc1C. The number of anilines is 2. The molecule has 0 unspecified atom stereocenters. The lowest BCUT2D eigenvalue weighted by Gasteiger charge is -2.40. The normalized spacial score (nSPS) is 14.2. The van der Waals surface area contributed by atoms with Gasteiger partial charge in [0.2, 0.25) is 0 Å². The lowest BCUT2D eigenvalue weighted by molar-refractivity contribution is 0.345. The molecule has 0 fully saturated rings. The highest BCUT2D eigenvalue weighted by Crippen LogP contribution is 2.37. The molecular weight excluding hydrogens is 330 g/mol. The van der Waals surface area contributed by atoms with Crippen LogP contribution >= 0.6 is 0 Å². The van der Waals surface area contributed by atoms with Crippen LogP contribution in [0.15, 0.2) is 49.4 Å². The van der Waals surface area contributed by atoms with Gasteiger partial charge < -0.3 is 14.7 Å². The van der Waals surface area contributed by atoms with Gasteiger partial charge in [0, 0.05) is 19.4 Å². The number of nitrogens with zero attached hydrogens (tertiary/aromatic N) is 3. The highest BCUT2D eigenvalue weighted by molar-refractivity contribution is 5.70. The van der Waals surface area contributed by atoms with Gasteiger partial charge in [0.05, 0.1) is 11.4 Å². The summed E-state index contributed by atoms with van der Waals surface area (Å²) in [5, 5.41) is 0. The molecule has 1 aliphatic rings. The Morgan fingerprint density at radius 2 is 1.07 bits per heavy atom. The second-order valence-corrected chi connectivity index (χ2v) is 7.80. The average molecular weight is 362 g/mol. The first-order chi connectivity index (χ1) is 12.7. The topological polar surface area (TPSA) is 9.72 Å². The molecule has 0 radical (unpaired) electrons. The van der Waals surface area contributed by atoms with E-state index in [9.17, 15) is 0 Å². The Morgan fingerprint density at radius 1 is 0.741 bits per heavy atom. The van der Waals surface area contributed by atoms with Crippen LogP contribution in [0.25, 0.3) is 0 Å². The molecule has 2 aromatic carbocycles. The Morgan fingerprint density at radius 3 is 1.37 bits per heavy atom. The van der Waals surface area contributed by atoms with E-state index in [2.05, 4.69) is 107 Å². The van der Waals surface area contributed by atoms with Gasteiger partial charge in [-0.05, 0) is 70.0 Å². The third kappa shape index (κ3) is 3.34. The summed E-state index contributed by atoms with van der Waals surface area (Å²) < 4.78 is 0. The molecule has 0 saturated heterocycles. The Bertz CT molecular complexity index is 796. The van der Waals surface area contributed by atoms with Crippen molar-refractivity contribution in [2.45, 2.75) is 47.8 Å². The number of hydrogen-bond acceptors (Lipinski definition) is 3. The van der Waals surface area contributed by atoms with Gasteiger partial charge in [-0.25, -0.2) is 0 Å². The van der Waals surface area contributed by atoms with Gasteiger partial charge in [-0.15, -0.1) is 0 Å². The molecule has 3 nitrogen and oxygen atoms in total. The number of aryl methyl sites for hydroxylation is 6. The zero-order chi connectivity index (χ0) is 19.9. The molecule has 0 N–H and O–H groups in total. The molecule has 0 spiro atoms. The van der Waals surface area contributed by atoms with Crippen LogP contribution in [0.3, 0.4) is 0 Å². The quantitative estimate of drug-likeness (QED) is 0.692. The molecule has 0 amide bonds. The van der Waals surface area contributed by atoms with Gasteiger partial charge in [0.1, 0.15) is 0 Å². The van der Waals surface area contributed by atoms with Gasteiger partial charge in [-0.3, -0.25) is 0 Å². The minimum atomic E-state index is 0.0164. The molecule has 0 aromatic heterocycles. The zero-order valence-electron chi connectivity index (χ0n) is 17.7. The van der Waals surface area contributed by atoms with Crippen LogP contribution in [0.4, 0.5) is 11.4 Å². The molecule has 0 saturated carbocycles. The second kappa shape index (κ2) is 7.15. The third-order valence-electron chi connectivity index (χ3n) is 5.32. The number of hydrogen-bond donors (Lipinski definition) is 0. The molecule has 0 bridgehead atoms. The highest BCUT2D eigenvalue weighted by atomic mass is 15.5. The van der Waals surface area contributed by atoms with Crippen molar-refractivity contribution in [2.24, 2.45) is 0 Å². The molecule has 142 valence electrons. The maximum absolute atomic E-state index is 4.02. The predicted molar refractivity (Wildman–Crippen MR) is 117 cm³/mol. The maximum Gasteiger partial charge on any atom is 0.188 e. The molecule has 0 aliphatic carbocycles. The summed E-state index contributed by atoms with van der Waals surface area (Å²) in [6, 6.07) is 9.02. The molecule has 2 aromatic rings. The van der Waals surface area contributed by atoms with Crippen molar-refractivity contribution >= 4 is 11.4 Å². The van der Waals surface area contributed by atoms with E-state index in [0.29, 0.717) is 0 Å². The van der Waals surface area contributed by atoms with E-state index in [1.807, 2.05) is 6.20 Å². The van der Waals surface area contributed by atoms with Crippen molar-refractivity contribution in [3.63, 3.8) is 0 Å². The highest BCUT2D eigenvalue weighted by Gasteiger charge is 2.33. The second-order valence-electron chi connectivity index (χ2n) is 7.80. The first-order valence-corrected chi connectivity index (χ1v) is 9.49. The number of benzene rings is 2. The summed E-state index contributed by atoms with van der Waals surface area (Å²) in [6.07, 6.45) is 6.29. The van der Waals surface area contributed by atoms with E-state index in [-0.39, 0.29) is 6.29 Å². The molecule has 1 aliphatic heterocycles. The van der Waals surface area contributed by atoms with Crippen LogP contribution in [-0.4, -0.2) is 18.2 Å². The van der Waals surface area contributed by atoms with Gasteiger partial charge in [-0.1, -0.05) is 42.0 Å². The van der Waals surface area contributed by atoms with Gasteiger partial charge >= 0.3 is 0 Å². The molecule has 3 heteroatoms. The lowest BCUT2D eigenvalue weighted by Crippen LogP contribution is -2.49. The summed E-state index contributed by atoms with van der Waals surface area (Å²) in [6.45, 7) is 17.1. The van der Waals surface area contributed by atoms with Gasteiger partial charge in [0.25, 0.3) is 0 Å². The first kappa shape index (κ1) is 19.1. The van der Waals surface area contributed by atoms with Gasteiger partial charge in [-0.2, -0.15) is 0 Å². The van der Waals surface area contributed by atoms with Crippen molar-refractivity contribution < 1.29 is 0 Å². The van der Waals surface area contributed by atoms with E-state index in [4.69, 9.17) is 0 Å². The van der Waals surface area contributed by atoms with E-state index < -0.39 is 0 Å². The summed E-state index contributed by atoms with van der Waals surface area (Å²) in [4.78, 5) is 6.87. The average Bonchev–Trinajstić information content (AvgIpc) is 2.96. The third-order valence-corrected chi connectivity index (χ3v) is 5.32. The van der Waals surface area contributed by atoms with Crippen LogP contribution < -0.4 is 9.80 Å². The predicted octanol–water partition coefficient (Wildman–Crippen LogP) is 5.69.